The van der Waals surface area contributed by atoms with E-state index in [1.54, 1.807) is 6.26 Å². The lowest BCUT2D eigenvalue weighted by Crippen LogP contribution is -2.82. The highest BCUT2D eigenvalue weighted by molar-refractivity contribution is 5.45. The Hall–Kier alpha value is -2.59. The third-order valence-corrected chi connectivity index (χ3v) is 4.65. The first-order valence-electron chi connectivity index (χ1n) is 9.00. The van der Waals surface area contributed by atoms with Crippen molar-refractivity contribution in [2.24, 2.45) is 0 Å². The fraction of sp³-hybridized carbons (Fsp3) is 0.273. The maximum atomic E-state index is 13.2. The van der Waals surface area contributed by atoms with Crippen LogP contribution in [0, 0.1) is 5.82 Å². The van der Waals surface area contributed by atoms with Crippen molar-refractivity contribution in [3.05, 3.63) is 89.6 Å². The highest BCUT2D eigenvalue weighted by Crippen LogP contribution is 2.27. The van der Waals surface area contributed by atoms with Crippen LogP contribution in [0.5, 0.6) is 0 Å². The lowest BCUT2D eigenvalue weighted by molar-refractivity contribution is -0.671. The lowest BCUT2D eigenvalue weighted by Gasteiger charge is -2.15. The molecule has 136 valence electrons. The average molecular weight is 353 g/mol. The molecule has 0 radical (unpaired) electrons. The summed E-state index contributed by atoms with van der Waals surface area (Å²) in [7, 11) is 4.09. The molecule has 0 unspecified atom stereocenters. The number of furan rings is 1. The topological polar surface area (TPSA) is 33.0 Å². The van der Waals surface area contributed by atoms with Gasteiger partial charge in [0, 0.05) is 37.7 Å². The first-order valence-corrected chi connectivity index (χ1v) is 9.00. The van der Waals surface area contributed by atoms with Gasteiger partial charge in [-0.15, -0.1) is 0 Å². The number of nitrogens with two attached hydrogens (primary N) is 1. The predicted molar refractivity (Wildman–Crippen MR) is 103 cm³/mol. The molecule has 0 aliphatic rings. The maximum absolute atomic E-state index is 13.2. The molecule has 0 aliphatic heterocycles. The van der Waals surface area contributed by atoms with Gasteiger partial charge >= 0.3 is 0 Å². The zero-order valence-corrected chi connectivity index (χ0v) is 15.4. The molecule has 26 heavy (non-hydrogen) atoms. The van der Waals surface area contributed by atoms with Crippen molar-refractivity contribution in [2.45, 2.75) is 18.9 Å². The van der Waals surface area contributed by atoms with Gasteiger partial charge in [-0.2, -0.15) is 0 Å². The van der Waals surface area contributed by atoms with Gasteiger partial charge < -0.3 is 14.6 Å². The highest BCUT2D eigenvalue weighted by Gasteiger charge is 2.17. The van der Waals surface area contributed by atoms with Crippen LogP contribution >= 0.6 is 0 Å². The highest BCUT2D eigenvalue weighted by atomic mass is 19.1. The van der Waals surface area contributed by atoms with Crippen LogP contribution in [-0.2, 0) is 6.54 Å². The van der Waals surface area contributed by atoms with Crippen LogP contribution < -0.4 is 10.2 Å². The molecule has 0 amide bonds. The SMILES string of the molecule is CN(C)c1ccc(C[NH2+]CC[C@@H](c2ccc(F)cc2)c2ccco2)cc1. The number of quaternary nitrogens is 1. The number of hydrogen-bond acceptors (Lipinski definition) is 2. The third-order valence-electron chi connectivity index (χ3n) is 4.65. The minimum Gasteiger partial charge on any atom is -0.469 e. The summed E-state index contributed by atoms with van der Waals surface area (Å²) in [5.74, 6) is 0.873. The van der Waals surface area contributed by atoms with Gasteiger partial charge in [0.15, 0.2) is 0 Å². The molecule has 0 spiro atoms. The van der Waals surface area contributed by atoms with Crippen molar-refractivity contribution >= 4 is 5.69 Å². The zero-order valence-electron chi connectivity index (χ0n) is 15.4. The van der Waals surface area contributed by atoms with Gasteiger partial charge in [0.05, 0.1) is 12.8 Å². The number of nitrogens with zero attached hydrogens (tertiary/aromatic N) is 1. The molecular formula is C22H26FN2O+. The van der Waals surface area contributed by atoms with Crippen molar-refractivity contribution in [3.63, 3.8) is 0 Å². The summed E-state index contributed by atoms with van der Waals surface area (Å²) in [5, 5.41) is 2.31. The molecule has 1 atom stereocenters. The molecule has 4 heteroatoms. The summed E-state index contributed by atoms with van der Waals surface area (Å²) in [4.78, 5) is 2.10. The Kier molecular flexibility index (Phi) is 6.08. The molecule has 0 saturated heterocycles. The zero-order chi connectivity index (χ0) is 18.4. The van der Waals surface area contributed by atoms with Gasteiger partial charge in [-0.25, -0.2) is 4.39 Å². The van der Waals surface area contributed by atoms with E-state index < -0.39 is 0 Å². The summed E-state index contributed by atoms with van der Waals surface area (Å²) < 4.78 is 18.9. The van der Waals surface area contributed by atoms with Gasteiger partial charge in [-0.3, -0.25) is 0 Å². The van der Waals surface area contributed by atoms with E-state index in [9.17, 15) is 4.39 Å². The quantitative estimate of drug-likeness (QED) is 0.625. The maximum Gasteiger partial charge on any atom is 0.123 e. The normalized spacial score (nSPS) is 12.1. The van der Waals surface area contributed by atoms with Crippen LogP contribution in [0.2, 0.25) is 0 Å². The molecule has 0 aliphatic carbocycles. The fourth-order valence-corrected chi connectivity index (χ4v) is 3.14. The summed E-state index contributed by atoms with van der Waals surface area (Å²) in [6.07, 6.45) is 2.64. The number of anilines is 1. The smallest absolute Gasteiger partial charge is 0.123 e. The minimum absolute atomic E-state index is 0.151. The van der Waals surface area contributed by atoms with E-state index in [0.29, 0.717) is 0 Å². The standard InChI is InChI=1S/C22H25FN2O/c1-25(2)20-11-5-17(6-12-20)16-24-14-13-21(22-4-3-15-26-22)18-7-9-19(23)10-8-18/h3-12,15,21,24H,13-14,16H2,1-2H3/p+1/t21-/m0/s1. The molecule has 0 saturated carbocycles. The van der Waals surface area contributed by atoms with E-state index in [-0.39, 0.29) is 11.7 Å². The van der Waals surface area contributed by atoms with Crippen molar-refractivity contribution < 1.29 is 14.1 Å². The molecule has 3 nitrogen and oxygen atoms in total. The second-order valence-electron chi connectivity index (χ2n) is 6.75. The number of halogens is 1. The predicted octanol–water partition coefficient (Wildman–Crippen LogP) is 3.77. The molecular weight excluding hydrogens is 327 g/mol. The summed E-state index contributed by atoms with van der Waals surface area (Å²) in [5.41, 5.74) is 3.61. The Morgan fingerprint density at radius 3 is 2.35 bits per heavy atom. The molecule has 1 aromatic heterocycles. The first-order chi connectivity index (χ1) is 12.6. The summed E-state index contributed by atoms with van der Waals surface area (Å²) in [6, 6.07) is 19.3. The third kappa shape index (κ3) is 4.73. The van der Waals surface area contributed by atoms with Crippen molar-refractivity contribution in [2.75, 3.05) is 25.5 Å². The van der Waals surface area contributed by atoms with Crippen molar-refractivity contribution in [1.82, 2.24) is 0 Å². The van der Waals surface area contributed by atoms with Crippen LogP contribution in [0.1, 0.15) is 29.2 Å². The molecule has 1 heterocycles. The Bertz CT molecular complexity index is 780. The second kappa shape index (κ2) is 8.68. The average Bonchev–Trinajstić information content (AvgIpc) is 3.17. The molecule has 3 aromatic rings. The Labute approximate surface area is 154 Å². The Morgan fingerprint density at radius 1 is 1.00 bits per heavy atom. The number of hydrogen-bond donors (Lipinski definition) is 1. The number of rotatable bonds is 8. The summed E-state index contributed by atoms with van der Waals surface area (Å²) >= 11 is 0. The first kappa shape index (κ1) is 18.2. The second-order valence-corrected chi connectivity index (χ2v) is 6.75. The molecule has 2 aromatic carbocycles. The summed E-state index contributed by atoms with van der Waals surface area (Å²) in [6.45, 7) is 1.92. The minimum atomic E-state index is -0.209. The largest absolute Gasteiger partial charge is 0.469 e. The van der Waals surface area contributed by atoms with Gasteiger partial charge in [-0.1, -0.05) is 24.3 Å². The molecule has 0 fully saturated rings. The van der Waals surface area contributed by atoms with Crippen LogP contribution in [0.4, 0.5) is 10.1 Å². The fourth-order valence-electron chi connectivity index (χ4n) is 3.14. The Morgan fingerprint density at radius 2 is 1.73 bits per heavy atom. The van der Waals surface area contributed by atoms with E-state index in [0.717, 1.165) is 30.8 Å². The van der Waals surface area contributed by atoms with E-state index in [1.165, 1.54) is 23.4 Å². The van der Waals surface area contributed by atoms with E-state index in [4.69, 9.17) is 4.42 Å². The van der Waals surface area contributed by atoms with E-state index in [2.05, 4.69) is 34.5 Å². The van der Waals surface area contributed by atoms with Gasteiger partial charge in [0.25, 0.3) is 0 Å². The van der Waals surface area contributed by atoms with Gasteiger partial charge in [0.2, 0.25) is 0 Å². The van der Waals surface area contributed by atoms with Crippen molar-refractivity contribution in [1.29, 1.82) is 0 Å². The van der Waals surface area contributed by atoms with E-state index >= 15 is 0 Å². The molecule has 2 N–H and O–H groups in total. The van der Waals surface area contributed by atoms with Gasteiger partial charge in [-0.05, 0) is 42.0 Å². The Balaban J connectivity index is 1.57. The lowest BCUT2D eigenvalue weighted by atomic mass is 9.93. The van der Waals surface area contributed by atoms with Crippen LogP contribution in [0.15, 0.2) is 71.3 Å². The van der Waals surface area contributed by atoms with Crippen LogP contribution in [0.25, 0.3) is 0 Å². The van der Waals surface area contributed by atoms with Crippen LogP contribution in [-0.4, -0.2) is 20.6 Å². The van der Waals surface area contributed by atoms with Gasteiger partial charge in [0.1, 0.15) is 18.1 Å². The van der Waals surface area contributed by atoms with E-state index in [1.807, 2.05) is 38.4 Å². The van der Waals surface area contributed by atoms with Crippen LogP contribution in [0.3, 0.4) is 0 Å². The molecule has 3 rings (SSSR count). The number of benzene rings is 2. The van der Waals surface area contributed by atoms with Crippen molar-refractivity contribution in [3.8, 4) is 0 Å². The monoisotopic (exact) mass is 353 g/mol. The molecule has 0 bridgehead atoms.